The molecule has 1 atom stereocenters. The molecule has 1 fully saturated rings. The lowest BCUT2D eigenvalue weighted by molar-refractivity contribution is -0.137. The minimum atomic E-state index is -4.62. The van der Waals surface area contributed by atoms with Crippen molar-refractivity contribution in [1.29, 1.82) is 0 Å². The molecular formula is C24H21ClF3NO4S. The highest BCUT2D eigenvalue weighted by molar-refractivity contribution is 7.92. The average Bonchev–Trinajstić information content (AvgIpc) is 2.75. The van der Waals surface area contributed by atoms with Crippen molar-refractivity contribution in [3.8, 4) is 11.5 Å². The number of alkyl halides is 3. The molecule has 5 nitrogen and oxygen atoms in total. The first-order chi connectivity index (χ1) is 16.0. The molecule has 4 rings (SSSR count). The zero-order valence-corrected chi connectivity index (χ0v) is 19.2. The van der Waals surface area contributed by atoms with Gasteiger partial charge in [0.15, 0.2) is 9.84 Å². The Hall–Kier alpha value is -2.75. The highest BCUT2D eigenvalue weighted by Crippen LogP contribution is 2.40. The fraction of sp³-hybridized carbons (Fsp3) is 0.250. The first-order valence-corrected chi connectivity index (χ1v) is 12.3. The van der Waals surface area contributed by atoms with Gasteiger partial charge in [0.25, 0.3) is 0 Å². The molecule has 0 bridgehead atoms. The summed E-state index contributed by atoms with van der Waals surface area (Å²) in [4.78, 5) is -0.357. The van der Waals surface area contributed by atoms with Crippen molar-refractivity contribution < 1.29 is 31.4 Å². The zero-order chi connectivity index (χ0) is 24.5. The molecule has 10 heteroatoms. The molecule has 0 saturated heterocycles. The van der Waals surface area contributed by atoms with Gasteiger partial charge < -0.3 is 15.2 Å². The summed E-state index contributed by atoms with van der Waals surface area (Å²) in [6, 6.07) is 17.5. The molecule has 2 N–H and O–H groups in total. The number of benzene rings is 3. The van der Waals surface area contributed by atoms with Gasteiger partial charge in [-0.3, -0.25) is 0 Å². The fourth-order valence-electron chi connectivity index (χ4n) is 3.71. The van der Waals surface area contributed by atoms with Crippen LogP contribution in [0.25, 0.3) is 0 Å². The second-order valence-corrected chi connectivity index (χ2v) is 10.8. The SMILES string of the molecule is O=S(=O)(c1cccc(C(F)(F)F)c1)C1CC(C(O)Nc2ccc(Oc3ccc(Cl)cc3)cc2)C1. The van der Waals surface area contributed by atoms with Crippen molar-refractivity contribution in [2.75, 3.05) is 5.32 Å². The van der Waals surface area contributed by atoms with Gasteiger partial charge in [-0.2, -0.15) is 13.2 Å². The van der Waals surface area contributed by atoms with Crippen molar-refractivity contribution in [1.82, 2.24) is 0 Å². The third-order valence-electron chi connectivity index (χ3n) is 5.72. The molecular weight excluding hydrogens is 491 g/mol. The van der Waals surface area contributed by atoms with E-state index in [4.69, 9.17) is 16.3 Å². The van der Waals surface area contributed by atoms with Crippen LogP contribution in [0.5, 0.6) is 11.5 Å². The van der Waals surface area contributed by atoms with Gasteiger partial charge in [0.05, 0.1) is 15.7 Å². The quantitative estimate of drug-likeness (QED) is 0.373. The van der Waals surface area contributed by atoms with Crippen LogP contribution in [0.15, 0.2) is 77.7 Å². The van der Waals surface area contributed by atoms with Gasteiger partial charge in [-0.05, 0) is 79.6 Å². The minimum absolute atomic E-state index is 0.143. The second kappa shape index (κ2) is 9.48. The van der Waals surface area contributed by atoms with E-state index in [0.29, 0.717) is 28.3 Å². The first kappa shape index (κ1) is 24.4. The fourth-order valence-corrected chi connectivity index (χ4v) is 5.78. The van der Waals surface area contributed by atoms with Gasteiger partial charge in [-0.25, -0.2) is 8.42 Å². The highest BCUT2D eigenvalue weighted by atomic mass is 35.5. The number of aliphatic hydroxyl groups is 1. The van der Waals surface area contributed by atoms with E-state index in [9.17, 15) is 26.7 Å². The largest absolute Gasteiger partial charge is 0.457 e. The number of anilines is 1. The minimum Gasteiger partial charge on any atom is -0.457 e. The van der Waals surface area contributed by atoms with Crippen molar-refractivity contribution in [3.05, 3.63) is 83.4 Å². The molecule has 1 aliphatic carbocycles. The smallest absolute Gasteiger partial charge is 0.416 e. The van der Waals surface area contributed by atoms with Crippen LogP contribution in [0.2, 0.25) is 5.02 Å². The van der Waals surface area contributed by atoms with Crippen LogP contribution in [0, 0.1) is 5.92 Å². The summed E-state index contributed by atoms with van der Waals surface area (Å²) < 4.78 is 70.0. The van der Waals surface area contributed by atoms with Crippen LogP contribution >= 0.6 is 11.6 Å². The van der Waals surface area contributed by atoms with E-state index in [1.807, 2.05) is 0 Å². The number of sulfone groups is 1. The molecule has 0 aromatic heterocycles. The summed E-state index contributed by atoms with van der Waals surface area (Å²) in [5.74, 6) is 0.849. The number of halogens is 4. The number of hydrogen-bond acceptors (Lipinski definition) is 5. The number of ether oxygens (including phenoxy) is 1. The van der Waals surface area contributed by atoms with Crippen LogP contribution in [0.4, 0.5) is 18.9 Å². The molecule has 0 amide bonds. The van der Waals surface area contributed by atoms with Crippen LogP contribution in [-0.2, 0) is 16.0 Å². The van der Waals surface area contributed by atoms with E-state index in [1.165, 1.54) is 6.07 Å². The molecule has 1 unspecified atom stereocenters. The Morgan fingerprint density at radius 2 is 1.56 bits per heavy atom. The summed E-state index contributed by atoms with van der Waals surface area (Å²) in [7, 11) is -3.93. The maximum absolute atomic E-state index is 12.9. The van der Waals surface area contributed by atoms with Gasteiger partial charge in [-0.15, -0.1) is 0 Å². The van der Waals surface area contributed by atoms with Crippen LogP contribution in [-0.4, -0.2) is 25.0 Å². The lowest BCUT2D eigenvalue weighted by Crippen LogP contribution is -2.44. The van der Waals surface area contributed by atoms with Gasteiger partial charge in [0.2, 0.25) is 0 Å². The predicted octanol–water partition coefficient (Wildman–Crippen LogP) is 6.13. The second-order valence-electron chi connectivity index (χ2n) is 8.09. The third kappa shape index (κ3) is 5.48. The van der Waals surface area contributed by atoms with Gasteiger partial charge in [-0.1, -0.05) is 17.7 Å². The Morgan fingerprint density at radius 1 is 0.971 bits per heavy atom. The lowest BCUT2D eigenvalue weighted by Gasteiger charge is -2.38. The Balaban J connectivity index is 1.33. The van der Waals surface area contributed by atoms with Crippen LogP contribution in [0.3, 0.4) is 0 Å². The maximum atomic E-state index is 12.9. The van der Waals surface area contributed by atoms with Gasteiger partial charge in [0, 0.05) is 16.6 Å². The van der Waals surface area contributed by atoms with E-state index in [2.05, 4.69) is 5.32 Å². The number of hydrogen-bond donors (Lipinski definition) is 2. The normalized spacial score (nSPS) is 19.2. The standard InChI is InChI=1S/C24H21ClF3NO4S/c25-17-4-8-19(9-5-17)33-20-10-6-18(7-11-20)29-23(30)15-12-22(13-15)34(31,32)21-3-1-2-16(14-21)24(26,27)28/h1-11,14-15,22-23,29-30H,12-13H2. The summed E-state index contributed by atoms with van der Waals surface area (Å²) in [6.07, 6.45) is -5.34. The molecule has 180 valence electrons. The monoisotopic (exact) mass is 511 g/mol. The molecule has 1 aliphatic rings. The van der Waals surface area contributed by atoms with Crippen molar-refractivity contribution in [3.63, 3.8) is 0 Å². The van der Waals surface area contributed by atoms with Crippen molar-refractivity contribution in [2.45, 2.75) is 35.4 Å². The summed E-state index contributed by atoms with van der Waals surface area (Å²) in [5, 5.41) is 13.1. The first-order valence-electron chi connectivity index (χ1n) is 10.4. The predicted molar refractivity (Wildman–Crippen MR) is 123 cm³/mol. The van der Waals surface area contributed by atoms with E-state index < -0.39 is 33.1 Å². The molecule has 34 heavy (non-hydrogen) atoms. The summed E-state index contributed by atoms with van der Waals surface area (Å²) >= 11 is 5.85. The third-order valence-corrected chi connectivity index (χ3v) is 8.15. The highest BCUT2D eigenvalue weighted by Gasteiger charge is 2.43. The number of aliphatic hydroxyl groups excluding tert-OH is 1. The van der Waals surface area contributed by atoms with E-state index in [1.54, 1.807) is 48.5 Å². The zero-order valence-electron chi connectivity index (χ0n) is 17.7. The maximum Gasteiger partial charge on any atom is 0.416 e. The Kier molecular flexibility index (Phi) is 6.80. The molecule has 0 heterocycles. The summed E-state index contributed by atoms with van der Waals surface area (Å²) in [5.41, 5.74) is -0.394. The molecule has 0 radical (unpaired) electrons. The Morgan fingerprint density at radius 3 is 2.15 bits per heavy atom. The molecule has 3 aromatic rings. The van der Waals surface area contributed by atoms with E-state index in [0.717, 1.165) is 12.1 Å². The average molecular weight is 512 g/mol. The Labute approximate surface area is 200 Å². The molecule has 3 aromatic carbocycles. The molecule has 0 aliphatic heterocycles. The van der Waals surface area contributed by atoms with Gasteiger partial charge in [0.1, 0.15) is 17.7 Å². The Bertz CT molecular complexity index is 1240. The van der Waals surface area contributed by atoms with Gasteiger partial charge >= 0.3 is 6.18 Å². The molecule has 1 saturated carbocycles. The molecule has 0 spiro atoms. The van der Waals surface area contributed by atoms with Crippen LogP contribution < -0.4 is 10.1 Å². The van der Waals surface area contributed by atoms with E-state index in [-0.39, 0.29) is 23.7 Å². The number of rotatable bonds is 7. The van der Waals surface area contributed by atoms with Crippen LogP contribution in [0.1, 0.15) is 18.4 Å². The lowest BCUT2D eigenvalue weighted by atomic mass is 9.83. The van der Waals surface area contributed by atoms with Crippen molar-refractivity contribution >= 4 is 27.1 Å². The topological polar surface area (TPSA) is 75.6 Å². The number of nitrogens with one attached hydrogen (secondary N) is 1. The van der Waals surface area contributed by atoms with E-state index >= 15 is 0 Å². The summed E-state index contributed by atoms with van der Waals surface area (Å²) in [6.45, 7) is 0. The van der Waals surface area contributed by atoms with Crippen molar-refractivity contribution in [2.24, 2.45) is 5.92 Å².